The number of hydrogen-bond acceptors (Lipinski definition) is 3. The zero-order valence-corrected chi connectivity index (χ0v) is 21.4. The van der Waals surface area contributed by atoms with Gasteiger partial charge in [-0.3, -0.25) is 0 Å². The van der Waals surface area contributed by atoms with Crippen molar-refractivity contribution in [1.82, 2.24) is 10.2 Å². The van der Waals surface area contributed by atoms with Crippen LogP contribution in [0, 0.1) is 40.2 Å². The highest BCUT2D eigenvalue weighted by Crippen LogP contribution is 2.56. The topological polar surface area (TPSA) is 68.2 Å². The second-order valence-corrected chi connectivity index (χ2v) is 10.1. The van der Waals surface area contributed by atoms with Gasteiger partial charge in [0.15, 0.2) is 0 Å². The number of nitrogens with zero attached hydrogens (tertiary/aromatic N) is 2. The Morgan fingerprint density at radius 2 is 1.78 bits per heavy atom. The van der Waals surface area contributed by atoms with E-state index in [1.165, 1.54) is 12.2 Å². The van der Waals surface area contributed by atoms with Gasteiger partial charge in [0.05, 0.1) is 22.9 Å². The normalized spacial score (nSPS) is 17.1. The summed E-state index contributed by atoms with van der Waals surface area (Å²) in [6, 6.07) is 3.94. The van der Waals surface area contributed by atoms with Crippen molar-refractivity contribution >= 4 is 11.7 Å². The van der Waals surface area contributed by atoms with E-state index in [1.807, 2.05) is 33.8 Å². The van der Waals surface area contributed by atoms with Crippen molar-refractivity contribution < 1.29 is 22.4 Å². The number of carbonyl (C=O) groups is 1. The number of benzene rings is 1. The molecule has 9 heteroatoms. The minimum atomic E-state index is -2.96. The highest BCUT2D eigenvalue weighted by Gasteiger charge is 2.58. The summed E-state index contributed by atoms with van der Waals surface area (Å²) in [7, 11) is 0. The molecule has 1 aromatic rings. The lowest BCUT2D eigenvalue weighted by Crippen LogP contribution is -2.46. The smallest absolute Gasteiger partial charge is 0.323 e. The van der Waals surface area contributed by atoms with E-state index in [0.29, 0.717) is 24.9 Å². The molecule has 0 heterocycles. The first-order valence-electron chi connectivity index (χ1n) is 11.8. The quantitative estimate of drug-likeness (QED) is 0.266. The van der Waals surface area contributed by atoms with E-state index in [1.54, 1.807) is 6.92 Å². The van der Waals surface area contributed by atoms with Crippen molar-refractivity contribution in [3.05, 3.63) is 65.5 Å². The molecule has 196 valence electrons. The molecule has 5 nitrogen and oxygen atoms in total. The van der Waals surface area contributed by atoms with E-state index in [-0.39, 0.29) is 28.8 Å². The summed E-state index contributed by atoms with van der Waals surface area (Å²) in [5.74, 6) is -4.13. The molecule has 36 heavy (non-hydrogen) atoms. The molecule has 0 atom stereocenters. The van der Waals surface area contributed by atoms with Crippen molar-refractivity contribution in [1.29, 1.82) is 5.26 Å². The number of anilines is 1. The van der Waals surface area contributed by atoms with E-state index in [9.17, 15) is 27.6 Å². The van der Waals surface area contributed by atoms with E-state index >= 15 is 0 Å². The second-order valence-electron chi connectivity index (χ2n) is 10.1. The summed E-state index contributed by atoms with van der Waals surface area (Å²) in [5.41, 5.74) is -0.500. The van der Waals surface area contributed by atoms with Gasteiger partial charge in [-0.15, -0.1) is 0 Å². The van der Waals surface area contributed by atoms with Crippen LogP contribution in [0.15, 0.2) is 53.9 Å². The third-order valence-electron chi connectivity index (χ3n) is 5.87. The van der Waals surface area contributed by atoms with E-state index in [4.69, 9.17) is 0 Å². The van der Waals surface area contributed by atoms with Crippen LogP contribution in [0.25, 0.3) is 0 Å². The maximum Gasteiger partial charge on any atom is 0.323 e. The van der Waals surface area contributed by atoms with Crippen LogP contribution >= 0.6 is 0 Å². The van der Waals surface area contributed by atoms with Gasteiger partial charge < -0.3 is 15.5 Å². The molecule has 1 aliphatic rings. The number of halogens is 4. The van der Waals surface area contributed by atoms with Crippen LogP contribution in [0.2, 0.25) is 0 Å². The Bertz CT molecular complexity index is 1070. The second kappa shape index (κ2) is 11.6. The molecular weight excluding hydrogens is 472 g/mol. The average molecular weight is 507 g/mol. The van der Waals surface area contributed by atoms with Crippen LogP contribution in [0.1, 0.15) is 47.5 Å². The highest BCUT2D eigenvalue weighted by atomic mass is 19.3. The molecule has 0 aliphatic heterocycles. The minimum Gasteiger partial charge on any atom is -0.373 e. The molecule has 0 saturated heterocycles. The third-order valence-corrected chi connectivity index (χ3v) is 5.87. The summed E-state index contributed by atoms with van der Waals surface area (Å²) in [6.45, 7) is 15.0. The van der Waals surface area contributed by atoms with Crippen LogP contribution in [-0.2, 0) is 0 Å². The van der Waals surface area contributed by atoms with E-state index < -0.39 is 41.8 Å². The summed E-state index contributed by atoms with van der Waals surface area (Å²) in [4.78, 5) is 14.9. The molecule has 1 fully saturated rings. The molecule has 0 unspecified atom stereocenters. The summed E-state index contributed by atoms with van der Waals surface area (Å²) >= 11 is 0. The Morgan fingerprint density at radius 1 is 1.19 bits per heavy atom. The van der Waals surface area contributed by atoms with Crippen LogP contribution in [0.5, 0.6) is 0 Å². The monoisotopic (exact) mass is 506 g/mol. The first kappa shape index (κ1) is 29.0. The molecule has 1 aliphatic carbocycles. The summed E-state index contributed by atoms with van der Waals surface area (Å²) in [6.07, 6.45) is 1.54. The summed E-state index contributed by atoms with van der Waals surface area (Å²) in [5, 5.41) is 14.7. The number of rotatable bonds is 10. The Balaban J connectivity index is 2.52. The highest BCUT2D eigenvalue weighted by molar-refractivity contribution is 5.91. The molecule has 1 saturated carbocycles. The van der Waals surface area contributed by atoms with Gasteiger partial charge in [-0.25, -0.2) is 22.4 Å². The first-order chi connectivity index (χ1) is 16.7. The molecule has 2 N–H and O–H groups in total. The fraction of sp³-hybridized carbons (Fsp3) is 0.481. The molecule has 0 bridgehead atoms. The van der Waals surface area contributed by atoms with Gasteiger partial charge in [-0.2, -0.15) is 5.26 Å². The van der Waals surface area contributed by atoms with Gasteiger partial charge in [0.2, 0.25) is 0 Å². The molecule has 2 amide bonds. The largest absolute Gasteiger partial charge is 0.373 e. The standard InChI is InChI=1S/C27H34F4N4O/c1-7-20(26(16-32)14-27(30,31)15-26)10-24(19(6)35(12-17(2)3)13-18(4)5)34-25(36)33-23-9-8-21(28)11-22(23)29/h7-11,17-18H,1,12-15H2,2-6H3,(H2,33,34,36)/b20-10+,24-19-. The van der Waals surface area contributed by atoms with Crippen LogP contribution in [-0.4, -0.2) is 29.9 Å². The fourth-order valence-corrected chi connectivity index (χ4v) is 4.22. The zero-order chi connectivity index (χ0) is 27.3. The number of urea groups is 1. The SMILES string of the molecule is C=C/C(=C\C(NC(=O)Nc1ccc(F)cc1F)=C(/C)N(CC(C)C)CC(C)C)C1(C#N)CC(F)(F)C1. The third kappa shape index (κ3) is 7.36. The Kier molecular flexibility index (Phi) is 9.36. The van der Waals surface area contributed by atoms with Gasteiger partial charge in [0, 0.05) is 37.7 Å². The number of amides is 2. The lowest BCUT2D eigenvalue weighted by Gasteiger charge is -2.43. The number of nitriles is 1. The number of hydrogen-bond donors (Lipinski definition) is 2. The fourth-order valence-electron chi connectivity index (χ4n) is 4.22. The number of carbonyl (C=O) groups excluding carboxylic acids is 1. The zero-order valence-electron chi connectivity index (χ0n) is 21.4. The summed E-state index contributed by atoms with van der Waals surface area (Å²) < 4.78 is 54.9. The van der Waals surface area contributed by atoms with Crippen LogP contribution < -0.4 is 10.6 Å². The molecular formula is C27H34F4N4O. The Morgan fingerprint density at radius 3 is 2.22 bits per heavy atom. The molecule has 2 rings (SSSR count). The van der Waals surface area contributed by atoms with Gasteiger partial charge in [0.1, 0.15) is 11.6 Å². The predicted octanol–water partition coefficient (Wildman–Crippen LogP) is 6.98. The Hall–Kier alpha value is -3.28. The van der Waals surface area contributed by atoms with Crippen molar-refractivity contribution in [3.63, 3.8) is 0 Å². The van der Waals surface area contributed by atoms with Crippen LogP contribution in [0.4, 0.5) is 28.0 Å². The average Bonchev–Trinajstić information content (AvgIpc) is 2.75. The lowest BCUT2D eigenvalue weighted by molar-refractivity contribution is -0.123. The minimum absolute atomic E-state index is 0.229. The lowest BCUT2D eigenvalue weighted by atomic mass is 9.62. The van der Waals surface area contributed by atoms with Gasteiger partial charge >= 0.3 is 6.03 Å². The van der Waals surface area contributed by atoms with E-state index in [0.717, 1.165) is 12.1 Å². The van der Waals surface area contributed by atoms with Crippen molar-refractivity contribution in [2.45, 2.75) is 53.4 Å². The van der Waals surface area contributed by atoms with Crippen molar-refractivity contribution in [2.75, 3.05) is 18.4 Å². The molecule has 0 radical (unpaired) electrons. The van der Waals surface area contributed by atoms with Gasteiger partial charge in [-0.1, -0.05) is 40.3 Å². The Labute approximate surface area is 210 Å². The maximum absolute atomic E-state index is 14.1. The number of nitrogens with one attached hydrogen (secondary N) is 2. The first-order valence-corrected chi connectivity index (χ1v) is 11.8. The molecule has 0 spiro atoms. The van der Waals surface area contributed by atoms with Crippen LogP contribution in [0.3, 0.4) is 0 Å². The number of alkyl halides is 2. The number of allylic oxidation sites excluding steroid dienone is 4. The van der Waals surface area contributed by atoms with E-state index in [2.05, 4.69) is 22.1 Å². The van der Waals surface area contributed by atoms with Crippen molar-refractivity contribution in [3.8, 4) is 6.07 Å². The van der Waals surface area contributed by atoms with Gasteiger partial charge in [0.25, 0.3) is 5.92 Å². The van der Waals surface area contributed by atoms with Gasteiger partial charge in [-0.05, 0) is 42.5 Å². The van der Waals surface area contributed by atoms with Crippen molar-refractivity contribution in [2.24, 2.45) is 17.3 Å². The molecule has 1 aromatic carbocycles. The molecule has 0 aromatic heterocycles. The maximum atomic E-state index is 14.1. The predicted molar refractivity (Wildman–Crippen MR) is 133 cm³/mol.